The molecule has 1 saturated heterocycles. The van der Waals surface area contributed by atoms with E-state index in [1.54, 1.807) is 0 Å². The molecular weight excluding hydrogens is 278 g/mol. The lowest BCUT2D eigenvalue weighted by molar-refractivity contribution is -0.128. The van der Waals surface area contributed by atoms with E-state index in [1.807, 2.05) is 11.8 Å². The Bertz CT molecular complexity index is 373. The largest absolute Gasteiger partial charge is 0.357 e. The maximum atomic E-state index is 12.1. The fourth-order valence-corrected chi connectivity index (χ4v) is 2.79. The van der Waals surface area contributed by atoms with Crippen LogP contribution in [-0.2, 0) is 4.79 Å². The van der Waals surface area contributed by atoms with E-state index in [0.717, 1.165) is 51.5 Å². The Morgan fingerprint density at radius 2 is 1.86 bits per heavy atom. The van der Waals surface area contributed by atoms with Gasteiger partial charge in [-0.25, -0.2) is 4.99 Å². The third kappa shape index (κ3) is 7.11. The lowest BCUT2D eigenvalue weighted by Gasteiger charge is -2.29. The lowest BCUT2D eigenvalue weighted by Crippen LogP contribution is -2.45. The first kappa shape index (κ1) is 18.7. The minimum atomic E-state index is 0.127. The van der Waals surface area contributed by atoms with Crippen LogP contribution in [0.3, 0.4) is 0 Å². The van der Waals surface area contributed by atoms with E-state index in [0.29, 0.717) is 0 Å². The molecule has 0 atom stereocenters. The molecule has 1 rings (SSSR count). The Kier molecular flexibility index (Phi) is 7.65. The molecular formula is C16H33N5O. The molecule has 0 spiro atoms. The molecule has 1 amide bonds. The third-order valence-electron chi connectivity index (χ3n) is 3.65. The molecule has 1 aliphatic rings. The number of rotatable bonds is 7. The third-order valence-corrected chi connectivity index (χ3v) is 3.65. The summed E-state index contributed by atoms with van der Waals surface area (Å²) in [7, 11) is 4.16. The number of guanidine groups is 1. The van der Waals surface area contributed by atoms with Crippen molar-refractivity contribution in [1.82, 2.24) is 20.4 Å². The fourth-order valence-electron chi connectivity index (χ4n) is 2.79. The highest BCUT2D eigenvalue weighted by atomic mass is 16.2. The molecule has 128 valence electrons. The number of carbonyl (C=O) groups is 1. The summed E-state index contributed by atoms with van der Waals surface area (Å²) in [4.78, 5) is 20.6. The van der Waals surface area contributed by atoms with Crippen LogP contribution >= 0.6 is 0 Å². The minimum absolute atomic E-state index is 0.127. The van der Waals surface area contributed by atoms with Gasteiger partial charge in [0, 0.05) is 32.7 Å². The molecule has 1 aliphatic heterocycles. The van der Waals surface area contributed by atoms with Crippen LogP contribution in [0.1, 0.15) is 33.6 Å². The zero-order valence-corrected chi connectivity index (χ0v) is 14.9. The van der Waals surface area contributed by atoms with Crippen molar-refractivity contribution in [2.24, 2.45) is 10.4 Å². The van der Waals surface area contributed by atoms with Gasteiger partial charge in [0.1, 0.15) is 6.54 Å². The first-order chi connectivity index (χ1) is 10.3. The topological polar surface area (TPSA) is 60.0 Å². The van der Waals surface area contributed by atoms with Crippen molar-refractivity contribution in [3.8, 4) is 0 Å². The summed E-state index contributed by atoms with van der Waals surface area (Å²) in [6.07, 6.45) is 2.24. The molecule has 6 heteroatoms. The van der Waals surface area contributed by atoms with E-state index in [1.165, 1.54) is 0 Å². The smallest absolute Gasteiger partial charge is 0.244 e. The summed E-state index contributed by atoms with van der Waals surface area (Å²) in [5.41, 5.74) is 0.138. The van der Waals surface area contributed by atoms with E-state index >= 15 is 0 Å². The Balaban J connectivity index is 2.49. The van der Waals surface area contributed by atoms with Gasteiger partial charge in [0.05, 0.1) is 0 Å². The Morgan fingerprint density at radius 3 is 2.41 bits per heavy atom. The van der Waals surface area contributed by atoms with Crippen molar-refractivity contribution in [2.45, 2.75) is 33.6 Å². The van der Waals surface area contributed by atoms with E-state index in [9.17, 15) is 4.79 Å². The van der Waals surface area contributed by atoms with Gasteiger partial charge >= 0.3 is 0 Å². The van der Waals surface area contributed by atoms with Crippen molar-refractivity contribution < 1.29 is 4.79 Å². The maximum absolute atomic E-state index is 12.1. The van der Waals surface area contributed by atoms with Crippen LogP contribution < -0.4 is 10.6 Å². The molecule has 0 bridgehead atoms. The molecule has 1 fully saturated rings. The SMILES string of the molecule is CCNC(=NCC(=O)N1CCCC1)NCC(C)(C)CN(C)C. The highest BCUT2D eigenvalue weighted by Crippen LogP contribution is 2.14. The minimum Gasteiger partial charge on any atom is -0.357 e. The van der Waals surface area contributed by atoms with Gasteiger partial charge in [-0.2, -0.15) is 0 Å². The van der Waals surface area contributed by atoms with Crippen molar-refractivity contribution in [3.05, 3.63) is 0 Å². The Hall–Kier alpha value is -1.30. The van der Waals surface area contributed by atoms with Gasteiger partial charge in [-0.1, -0.05) is 13.8 Å². The van der Waals surface area contributed by atoms with Crippen LogP contribution in [0.2, 0.25) is 0 Å². The van der Waals surface area contributed by atoms with Crippen LogP contribution in [0.25, 0.3) is 0 Å². The van der Waals surface area contributed by atoms with Crippen LogP contribution in [0.5, 0.6) is 0 Å². The number of amides is 1. The summed E-state index contributed by atoms with van der Waals surface area (Å²) in [5.74, 6) is 0.851. The van der Waals surface area contributed by atoms with E-state index < -0.39 is 0 Å². The van der Waals surface area contributed by atoms with Crippen LogP contribution in [0, 0.1) is 5.41 Å². The zero-order chi connectivity index (χ0) is 16.6. The monoisotopic (exact) mass is 311 g/mol. The molecule has 0 aromatic carbocycles. The lowest BCUT2D eigenvalue weighted by atomic mass is 9.93. The molecule has 1 heterocycles. The molecule has 0 aliphatic carbocycles. The number of aliphatic imine (C=N–C) groups is 1. The quantitative estimate of drug-likeness (QED) is 0.538. The predicted octanol–water partition coefficient (Wildman–Crippen LogP) is 0.752. The highest BCUT2D eigenvalue weighted by molar-refractivity contribution is 5.85. The summed E-state index contributed by atoms with van der Waals surface area (Å²) in [5, 5.41) is 6.56. The Morgan fingerprint density at radius 1 is 1.23 bits per heavy atom. The van der Waals surface area contributed by atoms with Gasteiger partial charge in [0.15, 0.2) is 5.96 Å². The molecule has 0 radical (unpaired) electrons. The second kappa shape index (κ2) is 8.98. The molecule has 6 nitrogen and oxygen atoms in total. The second-order valence-corrected chi connectivity index (χ2v) is 7.04. The molecule has 0 aromatic heterocycles. The van der Waals surface area contributed by atoms with Gasteiger partial charge in [0.2, 0.25) is 5.91 Å². The van der Waals surface area contributed by atoms with E-state index in [-0.39, 0.29) is 17.9 Å². The Labute approximate surface area is 135 Å². The van der Waals surface area contributed by atoms with Crippen molar-refractivity contribution >= 4 is 11.9 Å². The summed E-state index contributed by atoms with van der Waals surface area (Å²) in [6.45, 7) is 11.1. The van der Waals surface area contributed by atoms with Gasteiger partial charge in [-0.05, 0) is 39.3 Å². The fraction of sp³-hybridized carbons (Fsp3) is 0.875. The summed E-state index contributed by atoms with van der Waals surface area (Å²) in [6, 6.07) is 0. The summed E-state index contributed by atoms with van der Waals surface area (Å²) >= 11 is 0. The standard InChI is InChI=1S/C16H33N5O/c1-6-17-15(19-12-16(2,3)13-20(4)5)18-11-14(22)21-9-7-8-10-21/h6-13H2,1-5H3,(H2,17,18,19). The molecule has 0 aromatic rings. The molecule has 22 heavy (non-hydrogen) atoms. The number of nitrogens with zero attached hydrogens (tertiary/aromatic N) is 3. The second-order valence-electron chi connectivity index (χ2n) is 7.04. The number of hydrogen-bond donors (Lipinski definition) is 2. The average molecular weight is 311 g/mol. The van der Waals surface area contributed by atoms with Crippen molar-refractivity contribution in [2.75, 3.05) is 53.4 Å². The normalized spacial score (nSPS) is 16.3. The van der Waals surface area contributed by atoms with Gasteiger partial charge in [-0.3, -0.25) is 4.79 Å². The summed E-state index contributed by atoms with van der Waals surface area (Å²) < 4.78 is 0. The number of carbonyl (C=O) groups excluding carboxylic acids is 1. The number of likely N-dealkylation sites (tertiary alicyclic amines) is 1. The van der Waals surface area contributed by atoms with Crippen LogP contribution in [0.15, 0.2) is 4.99 Å². The zero-order valence-electron chi connectivity index (χ0n) is 14.9. The first-order valence-corrected chi connectivity index (χ1v) is 8.29. The van der Waals surface area contributed by atoms with E-state index in [4.69, 9.17) is 0 Å². The van der Waals surface area contributed by atoms with Crippen LogP contribution in [0.4, 0.5) is 0 Å². The van der Waals surface area contributed by atoms with E-state index in [2.05, 4.69) is 48.5 Å². The van der Waals surface area contributed by atoms with Crippen molar-refractivity contribution in [3.63, 3.8) is 0 Å². The maximum Gasteiger partial charge on any atom is 0.244 e. The average Bonchev–Trinajstić information content (AvgIpc) is 2.94. The van der Waals surface area contributed by atoms with Crippen molar-refractivity contribution in [1.29, 1.82) is 0 Å². The van der Waals surface area contributed by atoms with Gasteiger partial charge < -0.3 is 20.4 Å². The molecule has 0 saturated carbocycles. The number of nitrogens with one attached hydrogen (secondary N) is 2. The molecule has 2 N–H and O–H groups in total. The predicted molar refractivity (Wildman–Crippen MR) is 92.1 cm³/mol. The highest BCUT2D eigenvalue weighted by Gasteiger charge is 2.20. The van der Waals surface area contributed by atoms with Gasteiger partial charge in [0.25, 0.3) is 0 Å². The molecule has 0 unspecified atom stereocenters. The van der Waals surface area contributed by atoms with Crippen LogP contribution in [-0.4, -0.2) is 75.0 Å². The first-order valence-electron chi connectivity index (χ1n) is 8.29. The van der Waals surface area contributed by atoms with Gasteiger partial charge in [-0.15, -0.1) is 0 Å². The number of hydrogen-bond acceptors (Lipinski definition) is 3.